The molecule has 3 aromatic rings. The third kappa shape index (κ3) is 7.91. The molecule has 4 rings (SSSR count). The molecule has 230 valence electrons. The fourth-order valence-corrected chi connectivity index (χ4v) is 7.60. The number of sulfonamides is 1. The molecule has 8 nitrogen and oxygen atoms in total. The molecule has 0 aromatic heterocycles. The predicted molar refractivity (Wildman–Crippen MR) is 173 cm³/mol. The molecule has 1 aliphatic rings. The van der Waals surface area contributed by atoms with Crippen molar-refractivity contribution in [3.8, 4) is 5.75 Å². The van der Waals surface area contributed by atoms with Crippen molar-refractivity contribution in [1.29, 1.82) is 0 Å². The van der Waals surface area contributed by atoms with Crippen molar-refractivity contribution < 1.29 is 22.7 Å². The van der Waals surface area contributed by atoms with Crippen LogP contribution in [0.1, 0.15) is 50.2 Å². The number of anilines is 1. The van der Waals surface area contributed by atoms with Gasteiger partial charge >= 0.3 is 0 Å². The van der Waals surface area contributed by atoms with Gasteiger partial charge in [-0.1, -0.05) is 67.3 Å². The Kier molecular flexibility index (Phi) is 11.1. The van der Waals surface area contributed by atoms with Crippen molar-refractivity contribution in [3.05, 3.63) is 87.4 Å². The molecule has 3 aromatic carbocycles. The first kappa shape index (κ1) is 32.8. The van der Waals surface area contributed by atoms with E-state index < -0.39 is 28.5 Å². The number of carbonyl (C=O) groups excluding carboxylic acids is 2. The maximum atomic E-state index is 14.3. The van der Waals surface area contributed by atoms with Crippen LogP contribution in [-0.4, -0.2) is 50.9 Å². The zero-order valence-electron chi connectivity index (χ0n) is 24.6. The summed E-state index contributed by atoms with van der Waals surface area (Å²) in [6.07, 6.45) is 4.25. The van der Waals surface area contributed by atoms with Crippen LogP contribution in [0, 0.1) is 6.92 Å². The van der Waals surface area contributed by atoms with Crippen LogP contribution in [-0.2, 0) is 26.2 Å². The number of aryl methyl sites for hydroxylation is 1. The molecule has 0 saturated heterocycles. The van der Waals surface area contributed by atoms with Crippen molar-refractivity contribution in [1.82, 2.24) is 10.2 Å². The molecule has 0 radical (unpaired) electrons. The van der Waals surface area contributed by atoms with E-state index in [2.05, 4.69) is 21.2 Å². The standard InChI is InChI=1S/C32H37BrClN3O5S/c1-4-29(32(39)35-24-10-6-7-11-24)36(20-23-9-5-8-12-28(23)34)31(38)21-37(25-15-13-22(2)14-16-25)43(40,41)26-17-18-30(42-3)27(33)19-26/h5,8-9,12-19,24,29H,4,6-7,10-11,20-21H2,1-3H3,(H,35,39)/t29-/m0/s1. The molecule has 0 bridgehead atoms. The Morgan fingerprint density at radius 2 is 1.74 bits per heavy atom. The highest BCUT2D eigenvalue weighted by atomic mass is 79.9. The molecular formula is C32H37BrClN3O5S. The zero-order valence-corrected chi connectivity index (χ0v) is 27.7. The summed E-state index contributed by atoms with van der Waals surface area (Å²) in [6, 6.07) is 17.7. The minimum absolute atomic E-state index is 0.0165. The van der Waals surface area contributed by atoms with Crippen LogP contribution in [0.4, 0.5) is 5.69 Å². The molecule has 1 saturated carbocycles. The monoisotopic (exact) mass is 689 g/mol. The molecule has 1 atom stereocenters. The number of hydrogen-bond acceptors (Lipinski definition) is 5. The molecule has 1 N–H and O–H groups in total. The summed E-state index contributed by atoms with van der Waals surface area (Å²) in [4.78, 5) is 29.3. The summed E-state index contributed by atoms with van der Waals surface area (Å²) in [6.45, 7) is 3.27. The first-order valence-electron chi connectivity index (χ1n) is 14.3. The Balaban J connectivity index is 1.73. The number of carbonyl (C=O) groups is 2. The second-order valence-electron chi connectivity index (χ2n) is 10.7. The van der Waals surface area contributed by atoms with Gasteiger partial charge < -0.3 is 15.0 Å². The van der Waals surface area contributed by atoms with Crippen molar-refractivity contribution in [2.45, 2.75) is 69.5 Å². The van der Waals surface area contributed by atoms with E-state index in [1.54, 1.807) is 48.5 Å². The molecule has 43 heavy (non-hydrogen) atoms. The van der Waals surface area contributed by atoms with E-state index >= 15 is 0 Å². The molecule has 0 unspecified atom stereocenters. The highest BCUT2D eigenvalue weighted by Crippen LogP contribution is 2.31. The number of halogens is 2. The van der Waals surface area contributed by atoms with Crippen molar-refractivity contribution in [2.24, 2.45) is 0 Å². The lowest BCUT2D eigenvalue weighted by Gasteiger charge is -2.34. The second-order valence-corrected chi connectivity index (χ2v) is 13.8. The molecule has 0 heterocycles. The zero-order chi connectivity index (χ0) is 31.1. The number of rotatable bonds is 12. The summed E-state index contributed by atoms with van der Waals surface area (Å²) >= 11 is 9.86. The van der Waals surface area contributed by atoms with Crippen molar-refractivity contribution in [2.75, 3.05) is 18.0 Å². The van der Waals surface area contributed by atoms with Crippen molar-refractivity contribution >= 4 is 55.1 Å². The van der Waals surface area contributed by atoms with Gasteiger partial charge in [-0.25, -0.2) is 8.42 Å². The van der Waals surface area contributed by atoms with Gasteiger partial charge in [0.15, 0.2) is 0 Å². The van der Waals surface area contributed by atoms with E-state index in [0.29, 0.717) is 32.9 Å². The van der Waals surface area contributed by atoms with Crippen LogP contribution in [0.2, 0.25) is 5.02 Å². The number of hydrogen-bond donors (Lipinski definition) is 1. The van der Waals surface area contributed by atoms with E-state index in [0.717, 1.165) is 35.6 Å². The lowest BCUT2D eigenvalue weighted by molar-refractivity contribution is -0.140. The van der Waals surface area contributed by atoms with Crippen LogP contribution in [0.3, 0.4) is 0 Å². The van der Waals surface area contributed by atoms with Crippen LogP contribution in [0.5, 0.6) is 5.75 Å². The maximum Gasteiger partial charge on any atom is 0.264 e. The number of amides is 2. The van der Waals surface area contributed by atoms with E-state index in [1.807, 2.05) is 19.9 Å². The van der Waals surface area contributed by atoms with Gasteiger partial charge in [0.05, 0.1) is 22.2 Å². The number of methoxy groups -OCH3 is 1. The quantitative estimate of drug-likeness (QED) is 0.235. The fraction of sp³-hybridized carbons (Fsp3) is 0.375. The average molecular weight is 691 g/mol. The van der Waals surface area contributed by atoms with E-state index in [4.69, 9.17) is 16.3 Å². The van der Waals surface area contributed by atoms with Crippen LogP contribution < -0.4 is 14.4 Å². The molecule has 1 fully saturated rings. The normalized spacial score (nSPS) is 14.3. The van der Waals surface area contributed by atoms with Gasteiger partial charge in [-0.05, 0) is 84.1 Å². The molecule has 2 amide bonds. The Bertz CT molecular complexity index is 1540. The van der Waals surface area contributed by atoms with Gasteiger partial charge in [-0.15, -0.1) is 0 Å². The minimum atomic E-state index is -4.22. The van der Waals surface area contributed by atoms with Gasteiger partial charge in [0, 0.05) is 17.6 Å². The summed E-state index contributed by atoms with van der Waals surface area (Å²) < 4.78 is 35.1. The molecule has 0 aliphatic heterocycles. The van der Waals surface area contributed by atoms with Gasteiger partial charge in [0.1, 0.15) is 18.3 Å². The number of ether oxygens (including phenoxy) is 1. The smallest absolute Gasteiger partial charge is 0.264 e. The van der Waals surface area contributed by atoms with E-state index in [1.165, 1.54) is 24.1 Å². The summed E-state index contributed by atoms with van der Waals surface area (Å²) in [5.41, 5.74) is 1.93. The van der Waals surface area contributed by atoms with E-state index in [9.17, 15) is 18.0 Å². The summed E-state index contributed by atoms with van der Waals surface area (Å²) in [5.74, 6) is -0.300. The number of benzene rings is 3. The first-order valence-corrected chi connectivity index (χ1v) is 16.9. The minimum Gasteiger partial charge on any atom is -0.496 e. The highest BCUT2D eigenvalue weighted by molar-refractivity contribution is 9.10. The molecular weight excluding hydrogens is 654 g/mol. The largest absolute Gasteiger partial charge is 0.496 e. The number of nitrogens with zero attached hydrogens (tertiary/aromatic N) is 2. The van der Waals surface area contributed by atoms with Crippen LogP contribution in [0.25, 0.3) is 0 Å². The Hall–Kier alpha value is -3.08. The molecule has 11 heteroatoms. The van der Waals surface area contributed by atoms with Crippen molar-refractivity contribution in [3.63, 3.8) is 0 Å². The van der Waals surface area contributed by atoms with Crippen LogP contribution in [0.15, 0.2) is 76.1 Å². The second kappa shape index (κ2) is 14.6. The molecule has 0 spiro atoms. The fourth-order valence-electron chi connectivity index (χ4n) is 5.27. The lowest BCUT2D eigenvalue weighted by Crippen LogP contribution is -2.53. The van der Waals surface area contributed by atoms with Crippen LogP contribution >= 0.6 is 27.5 Å². The summed E-state index contributed by atoms with van der Waals surface area (Å²) in [5, 5.41) is 3.57. The Labute approximate surface area is 267 Å². The van der Waals surface area contributed by atoms with Gasteiger partial charge in [0.2, 0.25) is 11.8 Å². The lowest BCUT2D eigenvalue weighted by atomic mass is 10.1. The highest BCUT2D eigenvalue weighted by Gasteiger charge is 2.35. The van der Waals surface area contributed by atoms with Gasteiger partial charge in [-0.3, -0.25) is 13.9 Å². The maximum absolute atomic E-state index is 14.3. The van der Waals surface area contributed by atoms with Gasteiger partial charge in [-0.2, -0.15) is 0 Å². The number of nitrogens with one attached hydrogen (secondary N) is 1. The van der Waals surface area contributed by atoms with E-state index in [-0.39, 0.29) is 23.4 Å². The Morgan fingerprint density at radius 1 is 1.07 bits per heavy atom. The topological polar surface area (TPSA) is 96.0 Å². The molecule has 1 aliphatic carbocycles. The predicted octanol–water partition coefficient (Wildman–Crippen LogP) is 6.48. The third-order valence-corrected chi connectivity index (χ3v) is 10.5. The SMILES string of the molecule is CC[C@@H](C(=O)NC1CCCC1)N(Cc1ccccc1Cl)C(=O)CN(c1ccc(C)cc1)S(=O)(=O)c1ccc(OC)c(Br)c1. The van der Waals surface area contributed by atoms with Gasteiger partial charge in [0.25, 0.3) is 10.0 Å². The summed E-state index contributed by atoms with van der Waals surface area (Å²) in [7, 11) is -2.73. The average Bonchev–Trinajstić information content (AvgIpc) is 3.50. The Morgan fingerprint density at radius 3 is 2.35 bits per heavy atom. The third-order valence-electron chi connectivity index (χ3n) is 7.70. The first-order chi connectivity index (χ1) is 20.5.